The van der Waals surface area contributed by atoms with Gasteiger partial charge in [-0.15, -0.1) is 0 Å². The fourth-order valence-corrected chi connectivity index (χ4v) is 5.98. The van der Waals surface area contributed by atoms with Crippen LogP contribution in [0.2, 0.25) is 10.0 Å². The Labute approximate surface area is 253 Å². The fraction of sp³-hybridized carbons (Fsp3) is 0.355. The van der Waals surface area contributed by atoms with Crippen LogP contribution in [0, 0.1) is 0 Å². The molecule has 0 aliphatic rings. The summed E-state index contributed by atoms with van der Waals surface area (Å²) in [6, 6.07) is 19.2. The average molecular weight is 619 g/mol. The third kappa shape index (κ3) is 8.47. The molecule has 2 amide bonds. The molecule has 1 atom stereocenters. The van der Waals surface area contributed by atoms with Gasteiger partial charge in [0.15, 0.2) is 0 Å². The number of amides is 2. The summed E-state index contributed by atoms with van der Waals surface area (Å²) in [5, 5.41) is 3.55. The molecule has 0 heterocycles. The number of carbonyl (C=O) groups is 2. The zero-order valence-corrected chi connectivity index (χ0v) is 26.1. The van der Waals surface area contributed by atoms with Crippen molar-refractivity contribution in [2.45, 2.75) is 63.9 Å². The van der Waals surface area contributed by atoms with Crippen molar-refractivity contribution in [1.29, 1.82) is 0 Å². The fourth-order valence-electron chi connectivity index (χ4n) is 4.23. The zero-order chi connectivity index (χ0) is 30.2. The Kier molecular flexibility index (Phi) is 11.6. The van der Waals surface area contributed by atoms with E-state index in [9.17, 15) is 18.0 Å². The minimum Gasteiger partial charge on any atom is -0.354 e. The van der Waals surface area contributed by atoms with Crippen molar-refractivity contribution in [3.05, 3.63) is 94.0 Å². The topological polar surface area (TPSA) is 86.8 Å². The number of sulfonamides is 1. The van der Waals surface area contributed by atoms with E-state index >= 15 is 0 Å². The van der Waals surface area contributed by atoms with Crippen LogP contribution in [0.1, 0.15) is 57.6 Å². The highest BCUT2D eigenvalue weighted by Crippen LogP contribution is 2.27. The smallest absolute Gasteiger partial charge is 0.264 e. The number of hydrogen-bond acceptors (Lipinski definition) is 4. The highest BCUT2D eigenvalue weighted by molar-refractivity contribution is 7.92. The molecule has 3 aromatic carbocycles. The molecule has 0 spiro atoms. The molecular formula is C31H37Cl2N3O4S. The molecule has 0 bridgehead atoms. The number of halogens is 2. The van der Waals surface area contributed by atoms with Crippen LogP contribution in [0.15, 0.2) is 77.7 Å². The van der Waals surface area contributed by atoms with Crippen molar-refractivity contribution >= 4 is 50.7 Å². The van der Waals surface area contributed by atoms with Crippen molar-refractivity contribution in [2.75, 3.05) is 17.4 Å². The maximum absolute atomic E-state index is 14.0. The molecule has 0 aliphatic heterocycles. The lowest BCUT2D eigenvalue weighted by molar-refractivity contribution is -0.139. The Hall–Kier alpha value is -3.07. The van der Waals surface area contributed by atoms with Crippen molar-refractivity contribution in [1.82, 2.24) is 10.2 Å². The van der Waals surface area contributed by atoms with Crippen molar-refractivity contribution in [3.8, 4) is 0 Å². The van der Waals surface area contributed by atoms with Crippen molar-refractivity contribution in [2.24, 2.45) is 0 Å². The Morgan fingerprint density at radius 1 is 0.902 bits per heavy atom. The number of rotatable bonds is 13. The summed E-state index contributed by atoms with van der Waals surface area (Å²) in [6.45, 7) is 7.74. The van der Waals surface area contributed by atoms with Crippen LogP contribution in [0.3, 0.4) is 0 Å². The van der Waals surface area contributed by atoms with Gasteiger partial charge >= 0.3 is 0 Å². The van der Waals surface area contributed by atoms with Crippen molar-refractivity contribution in [3.63, 3.8) is 0 Å². The Balaban J connectivity index is 2.01. The second-order valence-corrected chi connectivity index (χ2v) is 12.8. The summed E-state index contributed by atoms with van der Waals surface area (Å²) >= 11 is 12.3. The molecule has 10 heteroatoms. The minimum atomic E-state index is -4.12. The molecular weight excluding hydrogens is 581 g/mol. The predicted molar refractivity (Wildman–Crippen MR) is 166 cm³/mol. The summed E-state index contributed by atoms with van der Waals surface area (Å²) in [6.07, 6.45) is 1.71. The van der Waals surface area contributed by atoms with E-state index in [1.165, 1.54) is 17.0 Å². The third-order valence-electron chi connectivity index (χ3n) is 6.79. The lowest BCUT2D eigenvalue weighted by Crippen LogP contribution is -2.51. The van der Waals surface area contributed by atoms with Gasteiger partial charge < -0.3 is 10.2 Å². The minimum absolute atomic E-state index is 0.0313. The molecule has 0 aromatic heterocycles. The summed E-state index contributed by atoms with van der Waals surface area (Å²) in [7, 11) is -4.12. The van der Waals surface area contributed by atoms with Gasteiger partial charge in [-0.1, -0.05) is 86.8 Å². The van der Waals surface area contributed by atoms with E-state index in [2.05, 4.69) is 5.32 Å². The molecule has 220 valence electrons. The molecule has 0 radical (unpaired) electrons. The van der Waals surface area contributed by atoms with E-state index in [1.54, 1.807) is 55.5 Å². The maximum atomic E-state index is 14.0. The van der Waals surface area contributed by atoms with Gasteiger partial charge in [0.2, 0.25) is 11.8 Å². The Bertz CT molecular complexity index is 1430. The predicted octanol–water partition coefficient (Wildman–Crippen LogP) is 6.65. The number of anilines is 1. The largest absolute Gasteiger partial charge is 0.354 e. The van der Waals surface area contributed by atoms with E-state index in [-0.39, 0.29) is 23.3 Å². The van der Waals surface area contributed by atoms with Gasteiger partial charge in [-0.25, -0.2) is 8.42 Å². The first kappa shape index (κ1) is 32.4. The van der Waals surface area contributed by atoms with E-state index in [0.717, 1.165) is 22.7 Å². The van der Waals surface area contributed by atoms with Gasteiger partial charge in [-0.2, -0.15) is 0 Å². The lowest BCUT2D eigenvalue weighted by Gasteiger charge is -2.32. The summed E-state index contributed by atoms with van der Waals surface area (Å²) in [5.74, 6) is -0.620. The third-order valence-corrected chi connectivity index (χ3v) is 9.32. The van der Waals surface area contributed by atoms with Gasteiger partial charge in [0.05, 0.1) is 20.6 Å². The molecule has 3 rings (SSSR count). The SMILES string of the molecule is CCCCNC(=O)C(C)N(Cc1ccc(Cl)c(Cl)c1)C(=O)CN(c1ccc(C(C)C)cc1)S(=O)(=O)c1ccccc1. The Morgan fingerprint density at radius 2 is 1.56 bits per heavy atom. The molecule has 0 saturated heterocycles. The molecule has 0 aliphatic carbocycles. The first-order valence-corrected chi connectivity index (χ1v) is 15.8. The van der Waals surface area contributed by atoms with Crippen LogP contribution in [0.4, 0.5) is 5.69 Å². The molecule has 0 saturated carbocycles. The monoisotopic (exact) mass is 617 g/mol. The lowest BCUT2D eigenvalue weighted by atomic mass is 10.0. The zero-order valence-electron chi connectivity index (χ0n) is 23.8. The first-order chi connectivity index (χ1) is 19.4. The van der Waals surface area contributed by atoms with E-state index in [0.29, 0.717) is 27.8 Å². The number of nitrogens with one attached hydrogen (secondary N) is 1. The van der Waals surface area contributed by atoms with Crippen LogP contribution >= 0.6 is 23.2 Å². The normalized spacial score (nSPS) is 12.2. The van der Waals surface area contributed by atoms with Crippen LogP contribution in [0.25, 0.3) is 0 Å². The second kappa shape index (κ2) is 14.7. The van der Waals surface area contributed by atoms with Crippen molar-refractivity contribution < 1.29 is 18.0 Å². The molecule has 1 unspecified atom stereocenters. The maximum Gasteiger partial charge on any atom is 0.264 e. The number of nitrogens with zero attached hydrogens (tertiary/aromatic N) is 2. The average Bonchev–Trinajstić information content (AvgIpc) is 2.96. The van der Waals surface area contributed by atoms with E-state index < -0.39 is 28.5 Å². The summed E-state index contributed by atoms with van der Waals surface area (Å²) in [4.78, 5) is 28.5. The second-order valence-electron chi connectivity index (χ2n) is 10.2. The van der Waals surface area contributed by atoms with Crippen LogP contribution < -0.4 is 9.62 Å². The standard InChI is InChI=1S/C31H37Cl2N3O4S/c1-5-6-18-34-31(38)23(4)35(20-24-12-17-28(32)29(33)19-24)30(37)21-36(26-15-13-25(14-16-26)22(2)3)41(39,40)27-10-8-7-9-11-27/h7-17,19,22-23H,5-6,18,20-21H2,1-4H3,(H,34,38). The van der Waals surface area contributed by atoms with Gasteiger partial charge in [-0.3, -0.25) is 13.9 Å². The molecule has 3 aromatic rings. The van der Waals surface area contributed by atoms with Crippen LogP contribution in [-0.4, -0.2) is 44.3 Å². The van der Waals surface area contributed by atoms with Gasteiger partial charge in [0.25, 0.3) is 10.0 Å². The van der Waals surface area contributed by atoms with Gasteiger partial charge in [-0.05, 0) is 66.8 Å². The number of benzene rings is 3. The quantitative estimate of drug-likeness (QED) is 0.218. The van der Waals surface area contributed by atoms with E-state index in [4.69, 9.17) is 23.2 Å². The van der Waals surface area contributed by atoms with Gasteiger partial charge in [0, 0.05) is 13.1 Å². The highest BCUT2D eigenvalue weighted by atomic mass is 35.5. The molecule has 0 fully saturated rings. The molecule has 1 N–H and O–H groups in total. The highest BCUT2D eigenvalue weighted by Gasteiger charge is 2.32. The van der Waals surface area contributed by atoms with Crippen LogP contribution in [0.5, 0.6) is 0 Å². The Morgan fingerprint density at radius 3 is 2.15 bits per heavy atom. The summed E-state index contributed by atoms with van der Waals surface area (Å²) in [5.41, 5.74) is 2.04. The number of hydrogen-bond donors (Lipinski definition) is 1. The van der Waals surface area contributed by atoms with Crippen LogP contribution in [-0.2, 0) is 26.2 Å². The number of unbranched alkanes of at least 4 members (excludes halogenated alkanes) is 1. The molecule has 41 heavy (non-hydrogen) atoms. The van der Waals surface area contributed by atoms with Gasteiger partial charge in [0.1, 0.15) is 12.6 Å². The number of carbonyl (C=O) groups excluding carboxylic acids is 2. The molecule has 7 nitrogen and oxygen atoms in total. The summed E-state index contributed by atoms with van der Waals surface area (Å²) < 4.78 is 28.8. The van der Waals surface area contributed by atoms with E-state index in [1.807, 2.05) is 32.9 Å². The first-order valence-electron chi connectivity index (χ1n) is 13.6.